The standard InChI is InChI=1S/C12H17NO3/c1-8-3-10(5-11(15)4-8)12(16)13-6-9(2)7-14/h3-5,9,14-15H,6-7H2,1-2H3,(H,13,16). The van der Waals surface area contributed by atoms with Crippen molar-refractivity contribution in [2.45, 2.75) is 13.8 Å². The van der Waals surface area contributed by atoms with E-state index < -0.39 is 0 Å². The molecular formula is C12H17NO3. The minimum absolute atomic E-state index is 0.0300. The van der Waals surface area contributed by atoms with Gasteiger partial charge in [-0.25, -0.2) is 0 Å². The third-order valence-electron chi connectivity index (χ3n) is 2.25. The van der Waals surface area contributed by atoms with Crippen molar-refractivity contribution in [3.8, 4) is 5.75 Å². The number of hydrogen-bond acceptors (Lipinski definition) is 3. The van der Waals surface area contributed by atoms with Gasteiger partial charge in [-0.05, 0) is 36.6 Å². The number of carbonyl (C=O) groups is 1. The van der Waals surface area contributed by atoms with Crippen molar-refractivity contribution in [3.63, 3.8) is 0 Å². The number of aryl methyl sites for hydroxylation is 1. The number of aliphatic hydroxyl groups excluding tert-OH is 1. The lowest BCUT2D eigenvalue weighted by atomic mass is 10.1. The lowest BCUT2D eigenvalue weighted by molar-refractivity contribution is 0.0942. The summed E-state index contributed by atoms with van der Waals surface area (Å²) < 4.78 is 0. The van der Waals surface area contributed by atoms with Crippen LogP contribution in [0.5, 0.6) is 5.75 Å². The number of nitrogens with one attached hydrogen (secondary N) is 1. The topological polar surface area (TPSA) is 69.6 Å². The molecule has 0 aliphatic heterocycles. The molecule has 4 heteroatoms. The van der Waals surface area contributed by atoms with Crippen LogP contribution in [0.15, 0.2) is 18.2 Å². The van der Waals surface area contributed by atoms with Crippen LogP contribution < -0.4 is 5.32 Å². The number of aromatic hydroxyl groups is 1. The van der Waals surface area contributed by atoms with Gasteiger partial charge in [-0.3, -0.25) is 4.79 Å². The molecule has 1 rings (SSSR count). The summed E-state index contributed by atoms with van der Waals surface area (Å²) in [5, 5.41) is 20.9. The zero-order valence-electron chi connectivity index (χ0n) is 9.53. The highest BCUT2D eigenvalue weighted by Crippen LogP contribution is 2.14. The van der Waals surface area contributed by atoms with Crippen LogP contribution in [0.1, 0.15) is 22.8 Å². The quantitative estimate of drug-likeness (QED) is 0.714. The second-order valence-electron chi connectivity index (χ2n) is 4.06. The van der Waals surface area contributed by atoms with Crippen molar-refractivity contribution < 1.29 is 15.0 Å². The van der Waals surface area contributed by atoms with Gasteiger partial charge in [-0.15, -0.1) is 0 Å². The van der Waals surface area contributed by atoms with E-state index in [1.807, 2.05) is 13.8 Å². The Morgan fingerprint density at radius 2 is 2.12 bits per heavy atom. The monoisotopic (exact) mass is 223 g/mol. The van der Waals surface area contributed by atoms with Crippen LogP contribution in [0.2, 0.25) is 0 Å². The van der Waals surface area contributed by atoms with Gasteiger partial charge in [0.15, 0.2) is 0 Å². The Hall–Kier alpha value is -1.55. The molecule has 0 fully saturated rings. The Morgan fingerprint density at radius 1 is 1.44 bits per heavy atom. The summed E-state index contributed by atoms with van der Waals surface area (Å²) in [6.07, 6.45) is 0. The molecule has 0 heterocycles. The molecule has 3 N–H and O–H groups in total. The predicted molar refractivity (Wildman–Crippen MR) is 61.4 cm³/mol. The highest BCUT2D eigenvalue weighted by molar-refractivity contribution is 5.94. The van der Waals surface area contributed by atoms with Crippen molar-refractivity contribution in [2.24, 2.45) is 5.92 Å². The van der Waals surface area contributed by atoms with Crippen molar-refractivity contribution in [1.29, 1.82) is 0 Å². The van der Waals surface area contributed by atoms with Gasteiger partial charge in [0.05, 0.1) is 0 Å². The SMILES string of the molecule is Cc1cc(O)cc(C(=O)NCC(C)CO)c1. The molecular weight excluding hydrogens is 206 g/mol. The summed E-state index contributed by atoms with van der Waals surface area (Å²) in [6, 6.07) is 4.72. The number of amides is 1. The van der Waals surface area contributed by atoms with Crippen LogP contribution in [0.3, 0.4) is 0 Å². The average Bonchev–Trinajstić information content (AvgIpc) is 2.23. The van der Waals surface area contributed by atoms with E-state index in [4.69, 9.17) is 5.11 Å². The first-order valence-electron chi connectivity index (χ1n) is 5.22. The minimum Gasteiger partial charge on any atom is -0.508 e. The second-order valence-corrected chi connectivity index (χ2v) is 4.06. The number of phenolic OH excluding ortho intramolecular Hbond substituents is 1. The molecule has 88 valence electrons. The number of hydrogen-bond donors (Lipinski definition) is 3. The van der Waals surface area contributed by atoms with Crippen LogP contribution in [-0.2, 0) is 0 Å². The summed E-state index contributed by atoms with van der Waals surface area (Å²) in [6.45, 7) is 4.12. The summed E-state index contributed by atoms with van der Waals surface area (Å²) in [4.78, 5) is 11.7. The highest BCUT2D eigenvalue weighted by Gasteiger charge is 2.08. The van der Waals surface area contributed by atoms with Crippen molar-refractivity contribution >= 4 is 5.91 Å². The van der Waals surface area contributed by atoms with Crippen molar-refractivity contribution in [3.05, 3.63) is 29.3 Å². The molecule has 1 aromatic rings. The normalized spacial score (nSPS) is 12.2. The van der Waals surface area contributed by atoms with E-state index in [1.54, 1.807) is 12.1 Å². The number of benzene rings is 1. The maximum Gasteiger partial charge on any atom is 0.251 e. The minimum atomic E-state index is -0.237. The zero-order valence-corrected chi connectivity index (χ0v) is 9.53. The van der Waals surface area contributed by atoms with E-state index in [0.717, 1.165) is 5.56 Å². The predicted octanol–water partition coefficient (Wildman–Crippen LogP) is 1.06. The Morgan fingerprint density at radius 3 is 2.69 bits per heavy atom. The van der Waals surface area contributed by atoms with E-state index in [9.17, 15) is 9.90 Å². The van der Waals surface area contributed by atoms with Crippen LogP contribution in [0.25, 0.3) is 0 Å². The lowest BCUT2D eigenvalue weighted by Gasteiger charge is -2.10. The van der Waals surface area contributed by atoms with Gasteiger partial charge < -0.3 is 15.5 Å². The number of phenols is 1. The molecule has 1 amide bonds. The summed E-state index contributed by atoms with van der Waals surface area (Å²) in [5.41, 5.74) is 1.27. The fraction of sp³-hybridized carbons (Fsp3) is 0.417. The largest absolute Gasteiger partial charge is 0.508 e. The molecule has 1 aromatic carbocycles. The van der Waals surface area contributed by atoms with Gasteiger partial charge in [0.25, 0.3) is 5.91 Å². The molecule has 0 spiro atoms. The Bertz CT molecular complexity index is 356. The van der Waals surface area contributed by atoms with Gasteiger partial charge in [0, 0.05) is 18.7 Å². The van der Waals surface area contributed by atoms with Gasteiger partial charge in [-0.2, -0.15) is 0 Å². The maximum absolute atomic E-state index is 11.7. The third kappa shape index (κ3) is 3.55. The number of aliphatic hydroxyl groups is 1. The van der Waals surface area contributed by atoms with E-state index in [2.05, 4.69) is 5.32 Å². The molecule has 0 aliphatic rings. The van der Waals surface area contributed by atoms with Gasteiger partial charge >= 0.3 is 0 Å². The first-order valence-corrected chi connectivity index (χ1v) is 5.22. The Labute approximate surface area is 94.9 Å². The summed E-state index contributed by atoms with van der Waals surface area (Å²) in [5.74, 6) is -0.123. The zero-order chi connectivity index (χ0) is 12.1. The van der Waals surface area contributed by atoms with Gasteiger partial charge in [-0.1, -0.05) is 6.92 Å². The first-order chi connectivity index (χ1) is 7.52. The maximum atomic E-state index is 11.7. The first kappa shape index (κ1) is 12.5. The van der Waals surface area contributed by atoms with E-state index in [1.165, 1.54) is 6.07 Å². The lowest BCUT2D eigenvalue weighted by Crippen LogP contribution is -2.29. The molecule has 1 unspecified atom stereocenters. The van der Waals surface area contributed by atoms with Crippen LogP contribution in [0, 0.1) is 12.8 Å². The third-order valence-corrected chi connectivity index (χ3v) is 2.25. The smallest absolute Gasteiger partial charge is 0.251 e. The number of rotatable bonds is 4. The van der Waals surface area contributed by atoms with E-state index >= 15 is 0 Å². The molecule has 0 aliphatic carbocycles. The molecule has 0 bridgehead atoms. The Kier molecular flexibility index (Phi) is 4.31. The van der Waals surface area contributed by atoms with Gasteiger partial charge in [0.2, 0.25) is 0 Å². The average molecular weight is 223 g/mol. The molecule has 1 atom stereocenters. The summed E-state index contributed by atoms with van der Waals surface area (Å²) >= 11 is 0. The van der Waals surface area contributed by atoms with Crippen LogP contribution in [0.4, 0.5) is 0 Å². The number of carbonyl (C=O) groups excluding carboxylic acids is 1. The van der Waals surface area contributed by atoms with Crippen LogP contribution >= 0.6 is 0 Å². The van der Waals surface area contributed by atoms with E-state index in [0.29, 0.717) is 12.1 Å². The molecule has 0 saturated heterocycles. The molecule has 0 radical (unpaired) electrons. The van der Waals surface area contributed by atoms with Crippen LogP contribution in [-0.4, -0.2) is 29.3 Å². The van der Waals surface area contributed by atoms with Gasteiger partial charge in [0.1, 0.15) is 5.75 Å². The van der Waals surface area contributed by atoms with E-state index in [-0.39, 0.29) is 24.2 Å². The molecule has 0 aromatic heterocycles. The summed E-state index contributed by atoms with van der Waals surface area (Å²) in [7, 11) is 0. The van der Waals surface area contributed by atoms with Crippen molar-refractivity contribution in [1.82, 2.24) is 5.32 Å². The molecule has 4 nitrogen and oxygen atoms in total. The Balaban J connectivity index is 2.66. The molecule has 0 saturated carbocycles. The highest BCUT2D eigenvalue weighted by atomic mass is 16.3. The fourth-order valence-electron chi connectivity index (χ4n) is 1.33. The second kappa shape index (κ2) is 5.51. The fourth-order valence-corrected chi connectivity index (χ4v) is 1.33. The van der Waals surface area contributed by atoms with Crippen molar-refractivity contribution in [2.75, 3.05) is 13.2 Å². The molecule has 16 heavy (non-hydrogen) atoms.